The largest absolute Gasteiger partial charge is 0.324 e. The number of nitrogens with two attached hydrogens (primary N) is 1. The van der Waals surface area contributed by atoms with Crippen molar-refractivity contribution in [3.05, 3.63) is 29.0 Å². The van der Waals surface area contributed by atoms with Gasteiger partial charge in [-0.25, -0.2) is 4.39 Å². The van der Waals surface area contributed by atoms with Crippen LogP contribution in [-0.2, 0) is 0 Å². The van der Waals surface area contributed by atoms with E-state index in [-0.39, 0.29) is 12.4 Å². The molecule has 5 heteroatoms. The first-order valence-corrected chi connectivity index (χ1v) is 3.03. The van der Waals surface area contributed by atoms with Gasteiger partial charge in [-0.15, -0.1) is 12.4 Å². The first-order chi connectivity index (χ1) is 4.72. The molecule has 3 N–H and O–H groups in total. The van der Waals surface area contributed by atoms with Crippen molar-refractivity contribution in [2.75, 3.05) is 5.43 Å². The highest BCUT2D eigenvalue weighted by molar-refractivity contribution is 6.30. The smallest absolute Gasteiger partial charge is 0.126 e. The molecule has 1 aromatic rings. The second-order valence-corrected chi connectivity index (χ2v) is 2.24. The van der Waals surface area contributed by atoms with E-state index in [4.69, 9.17) is 17.4 Å². The average Bonchev–Trinajstić information content (AvgIpc) is 1.85. The molecule has 0 aliphatic heterocycles. The summed E-state index contributed by atoms with van der Waals surface area (Å²) >= 11 is 5.49. The fourth-order valence-electron chi connectivity index (χ4n) is 0.637. The van der Waals surface area contributed by atoms with E-state index in [0.717, 1.165) is 0 Å². The molecule has 0 spiro atoms. The first kappa shape index (κ1) is 10.5. The molecule has 2 nitrogen and oxygen atoms in total. The van der Waals surface area contributed by atoms with Crippen LogP contribution in [0.2, 0.25) is 5.02 Å². The van der Waals surface area contributed by atoms with Crippen molar-refractivity contribution in [3.8, 4) is 0 Å². The molecular weight excluding hydrogens is 190 g/mol. The van der Waals surface area contributed by atoms with Crippen LogP contribution in [-0.4, -0.2) is 0 Å². The second-order valence-electron chi connectivity index (χ2n) is 1.80. The van der Waals surface area contributed by atoms with Gasteiger partial charge in [0, 0.05) is 5.02 Å². The number of nitrogen functional groups attached to an aromatic ring is 1. The van der Waals surface area contributed by atoms with Gasteiger partial charge in [0.15, 0.2) is 0 Å². The lowest BCUT2D eigenvalue weighted by atomic mass is 10.3. The third-order valence-electron chi connectivity index (χ3n) is 1.03. The van der Waals surface area contributed by atoms with Crippen molar-refractivity contribution in [1.29, 1.82) is 0 Å². The molecule has 0 amide bonds. The van der Waals surface area contributed by atoms with E-state index in [1.54, 1.807) is 0 Å². The van der Waals surface area contributed by atoms with E-state index in [9.17, 15) is 4.39 Å². The Morgan fingerprint density at radius 3 is 2.45 bits per heavy atom. The van der Waals surface area contributed by atoms with Crippen LogP contribution in [0.15, 0.2) is 18.2 Å². The van der Waals surface area contributed by atoms with E-state index in [0.29, 0.717) is 10.7 Å². The van der Waals surface area contributed by atoms with Crippen LogP contribution in [0.25, 0.3) is 0 Å². The van der Waals surface area contributed by atoms with Gasteiger partial charge >= 0.3 is 0 Å². The molecule has 1 rings (SSSR count). The van der Waals surface area contributed by atoms with E-state index < -0.39 is 5.82 Å². The van der Waals surface area contributed by atoms with E-state index >= 15 is 0 Å². The average molecular weight is 197 g/mol. The van der Waals surface area contributed by atoms with Crippen LogP contribution < -0.4 is 11.3 Å². The highest BCUT2D eigenvalue weighted by Gasteiger charge is 1.95. The number of halogens is 3. The number of anilines is 1. The topological polar surface area (TPSA) is 38.0 Å². The first-order valence-electron chi connectivity index (χ1n) is 2.65. The second kappa shape index (κ2) is 4.38. The normalized spacial score (nSPS) is 8.64. The maximum atomic E-state index is 12.4. The highest BCUT2D eigenvalue weighted by Crippen LogP contribution is 2.16. The Balaban J connectivity index is 0.000001000. The summed E-state index contributed by atoms with van der Waals surface area (Å²) in [6.07, 6.45) is 0. The predicted octanol–water partition coefficient (Wildman–Crippen LogP) is 2.19. The molecule has 0 saturated heterocycles. The van der Waals surface area contributed by atoms with Crippen molar-refractivity contribution in [2.24, 2.45) is 5.84 Å². The summed E-state index contributed by atoms with van der Waals surface area (Å²) < 4.78 is 12.4. The minimum Gasteiger partial charge on any atom is -0.324 e. The third-order valence-corrected chi connectivity index (χ3v) is 1.25. The molecular formula is C6H7Cl2FN2. The number of hydrazine groups is 1. The molecule has 0 aromatic heterocycles. The Morgan fingerprint density at radius 1 is 1.36 bits per heavy atom. The van der Waals surface area contributed by atoms with Crippen LogP contribution in [0.4, 0.5) is 10.1 Å². The lowest BCUT2D eigenvalue weighted by Crippen LogP contribution is -2.06. The summed E-state index contributed by atoms with van der Waals surface area (Å²) in [5, 5.41) is 0.327. The Labute approximate surface area is 74.9 Å². The van der Waals surface area contributed by atoms with Crippen molar-refractivity contribution >= 4 is 29.7 Å². The number of benzene rings is 1. The number of hydrogen-bond donors (Lipinski definition) is 2. The van der Waals surface area contributed by atoms with E-state index in [1.165, 1.54) is 18.2 Å². The summed E-state index contributed by atoms with van der Waals surface area (Å²) in [6, 6.07) is 4.00. The zero-order valence-corrected chi connectivity index (χ0v) is 7.05. The molecule has 62 valence electrons. The number of rotatable bonds is 1. The van der Waals surface area contributed by atoms with Gasteiger partial charge < -0.3 is 5.43 Å². The molecule has 0 aliphatic carbocycles. The van der Waals surface area contributed by atoms with Gasteiger partial charge in [-0.3, -0.25) is 5.84 Å². The Bertz CT molecular complexity index is 222. The minimum atomic E-state index is -0.402. The monoisotopic (exact) mass is 196 g/mol. The predicted molar refractivity (Wildman–Crippen MR) is 46.5 cm³/mol. The van der Waals surface area contributed by atoms with Gasteiger partial charge in [0.25, 0.3) is 0 Å². The summed E-state index contributed by atoms with van der Waals surface area (Å²) in [7, 11) is 0. The maximum absolute atomic E-state index is 12.4. The fourth-order valence-corrected chi connectivity index (χ4v) is 0.859. The number of nitrogens with one attached hydrogen (secondary N) is 1. The molecule has 0 bridgehead atoms. The summed E-state index contributed by atoms with van der Waals surface area (Å²) in [6.45, 7) is 0. The van der Waals surface area contributed by atoms with Crippen molar-refractivity contribution in [2.45, 2.75) is 0 Å². The van der Waals surface area contributed by atoms with Gasteiger partial charge in [-0.1, -0.05) is 11.6 Å². The van der Waals surface area contributed by atoms with Crippen LogP contribution >= 0.6 is 24.0 Å². The van der Waals surface area contributed by atoms with Gasteiger partial charge in [0.2, 0.25) is 0 Å². The molecule has 0 saturated carbocycles. The molecule has 0 aliphatic rings. The van der Waals surface area contributed by atoms with Crippen molar-refractivity contribution < 1.29 is 4.39 Å². The zero-order valence-electron chi connectivity index (χ0n) is 5.47. The number of hydrogen-bond acceptors (Lipinski definition) is 2. The molecule has 0 radical (unpaired) electrons. The Kier molecular flexibility index (Phi) is 4.18. The van der Waals surface area contributed by atoms with Crippen molar-refractivity contribution in [1.82, 2.24) is 0 Å². The maximum Gasteiger partial charge on any atom is 0.126 e. The van der Waals surface area contributed by atoms with Crippen LogP contribution in [0.1, 0.15) is 0 Å². The minimum absolute atomic E-state index is 0. The molecule has 0 heterocycles. The van der Waals surface area contributed by atoms with Gasteiger partial charge in [0.1, 0.15) is 5.82 Å². The summed E-state index contributed by atoms with van der Waals surface area (Å²) in [5.41, 5.74) is 2.75. The summed E-state index contributed by atoms with van der Waals surface area (Å²) in [5.74, 6) is 4.61. The lowest BCUT2D eigenvalue weighted by Gasteiger charge is -1.98. The van der Waals surface area contributed by atoms with Crippen LogP contribution in [0.5, 0.6) is 0 Å². The third kappa shape index (κ3) is 2.93. The molecule has 11 heavy (non-hydrogen) atoms. The molecule has 0 unspecified atom stereocenters. The van der Waals surface area contributed by atoms with E-state index in [2.05, 4.69) is 5.43 Å². The van der Waals surface area contributed by atoms with Crippen LogP contribution in [0.3, 0.4) is 0 Å². The van der Waals surface area contributed by atoms with Gasteiger partial charge in [-0.2, -0.15) is 0 Å². The SMILES string of the molecule is Cl.NNc1cc(F)cc(Cl)c1. The van der Waals surface area contributed by atoms with Crippen molar-refractivity contribution in [3.63, 3.8) is 0 Å². The van der Waals surface area contributed by atoms with Gasteiger partial charge in [-0.05, 0) is 18.2 Å². The standard InChI is InChI=1S/C6H6ClFN2.ClH/c7-4-1-5(8)3-6(2-4)10-9;/h1-3,10H,9H2;1H. The Morgan fingerprint density at radius 2 is 2.00 bits per heavy atom. The lowest BCUT2D eigenvalue weighted by molar-refractivity contribution is 0.628. The quantitative estimate of drug-likeness (QED) is 0.534. The van der Waals surface area contributed by atoms with Crippen LogP contribution in [0, 0.1) is 5.82 Å². The molecule has 0 atom stereocenters. The fraction of sp³-hybridized carbons (Fsp3) is 0. The molecule has 1 aromatic carbocycles. The van der Waals surface area contributed by atoms with Gasteiger partial charge in [0.05, 0.1) is 5.69 Å². The Hall–Kier alpha value is -0.510. The summed E-state index contributed by atoms with van der Waals surface area (Å²) in [4.78, 5) is 0. The highest BCUT2D eigenvalue weighted by atomic mass is 35.5. The zero-order chi connectivity index (χ0) is 7.56. The molecule has 0 fully saturated rings. The van der Waals surface area contributed by atoms with E-state index in [1.807, 2.05) is 0 Å².